The fraction of sp³-hybridized carbons (Fsp3) is 0. The van der Waals surface area contributed by atoms with E-state index in [-0.39, 0.29) is 16.3 Å². The molecular formula is C10H8N4O3S. The van der Waals surface area contributed by atoms with Crippen molar-refractivity contribution in [2.24, 2.45) is 0 Å². The summed E-state index contributed by atoms with van der Waals surface area (Å²) < 4.78 is 32.2. The van der Waals surface area contributed by atoms with E-state index in [1.165, 1.54) is 29.1 Å². The van der Waals surface area contributed by atoms with Crippen LogP contribution in [0.5, 0.6) is 0 Å². The number of benzene rings is 1. The molecule has 0 bridgehead atoms. The third-order valence-electron chi connectivity index (χ3n) is 2.29. The van der Waals surface area contributed by atoms with Gasteiger partial charge in [-0.3, -0.25) is 4.55 Å². The lowest BCUT2D eigenvalue weighted by molar-refractivity contribution is 0.483. The number of hydrogen-bond acceptors (Lipinski definition) is 5. The van der Waals surface area contributed by atoms with Gasteiger partial charge in [-0.15, -0.1) is 0 Å². The van der Waals surface area contributed by atoms with E-state index in [9.17, 15) is 8.42 Å². The summed E-state index contributed by atoms with van der Waals surface area (Å²) in [5.41, 5.74) is 6.20. The minimum atomic E-state index is -4.29. The van der Waals surface area contributed by atoms with Crippen LogP contribution in [0.25, 0.3) is 5.69 Å². The Balaban J connectivity index is 2.59. The average Bonchev–Trinajstić information content (AvgIpc) is 2.69. The number of nitrogens with two attached hydrogens (primary N) is 1. The average molecular weight is 264 g/mol. The van der Waals surface area contributed by atoms with Gasteiger partial charge in [-0.05, 0) is 18.2 Å². The van der Waals surface area contributed by atoms with Crippen molar-refractivity contribution in [1.29, 1.82) is 5.26 Å². The lowest BCUT2D eigenvalue weighted by Crippen LogP contribution is -2.04. The molecule has 2 aromatic rings. The van der Waals surface area contributed by atoms with Gasteiger partial charge < -0.3 is 5.73 Å². The molecule has 2 rings (SSSR count). The van der Waals surface area contributed by atoms with Gasteiger partial charge in [0.1, 0.15) is 17.5 Å². The number of rotatable bonds is 2. The van der Waals surface area contributed by atoms with Crippen LogP contribution in [0.3, 0.4) is 0 Å². The maximum atomic E-state index is 11.0. The second-order valence-electron chi connectivity index (χ2n) is 3.44. The molecule has 0 radical (unpaired) electrons. The van der Waals surface area contributed by atoms with Crippen LogP contribution in [-0.4, -0.2) is 22.8 Å². The third-order valence-corrected chi connectivity index (χ3v) is 3.14. The third kappa shape index (κ3) is 2.04. The Morgan fingerprint density at radius 3 is 2.72 bits per heavy atom. The molecule has 1 aromatic carbocycles. The van der Waals surface area contributed by atoms with E-state index in [1.807, 2.05) is 6.07 Å². The monoisotopic (exact) mass is 264 g/mol. The Morgan fingerprint density at radius 2 is 2.17 bits per heavy atom. The van der Waals surface area contributed by atoms with Crippen LogP contribution in [-0.2, 0) is 10.1 Å². The highest BCUT2D eigenvalue weighted by Gasteiger charge is 2.13. The van der Waals surface area contributed by atoms with E-state index in [4.69, 9.17) is 15.5 Å². The zero-order chi connectivity index (χ0) is 13.3. The molecule has 0 spiro atoms. The van der Waals surface area contributed by atoms with Crippen molar-refractivity contribution in [2.75, 3.05) is 5.73 Å². The van der Waals surface area contributed by atoms with Crippen molar-refractivity contribution >= 4 is 15.9 Å². The Kier molecular flexibility index (Phi) is 2.78. The summed E-state index contributed by atoms with van der Waals surface area (Å²) in [6.45, 7) is 0. The molecule has 8 heteroatoms. The predicted molar refractivity (Wildman–Crippen MR) is 62.5 cm³/mol. The Labute approximate surface area is 103 Å². The molecule has 3 N–H and O–H groups in total. The molecule has 0 saturated heterocycles. The van der Waals surface area contributed by atoms with Crippen molar-refractivity contribution in [2.45, 2.75) is 4.90 Å². The number of nitrogens with zero attached hydrogens (tertiary/aromatic N) is 3. The zero-order valence-electron chi connectivity index (χ0n) is 8.98. The van der Waals surface area contributed by atoms with E-state index in [0.29, 0.717) is 5.69 Å². The first-order valence-corrected chi connectivity index (χ1v) is 6.19. The number of hydrogen-bond donors (Lipinski definition) is 2. The van der Waals surface area contributed by atoms with E-state index in [2.05, 4.69) is 5.10 Å². The lowest BCUT2D eigenvalue weighted by Gasteiger charge is -2.05. The summed E-state index contributed by atoms with van der Waals surface area (Å²) in [4.78, 5) is -0.270. The van der Waals surface area contributed by atoms with Gasteiger partial charge in [0.25, 0.3) is 10.1 Å². The van der Waals surface area contributed by atoms with Crippen LogP contribution >= 0.6 is 0 Å². The van der Waals surface area contributed by atoms with Gasteiger partial charge in [0.15, 0.2) is 0 Å². The molecule has 7 nitrogen and oxygen atoms in total. The molecule has 1 aromatic heterocycles. The minimum Gasteiger partial charge on any atom is -0.382 e. The first-order valence-electron chi connectivity index (χ1n) is 4.75. The molecule has 0 aliphatic rings. The highest BCUT2D eigenvalue weighted by molar-refractivity contribution is 7.85. The molecule has 0 unspecified atom stereocenters. The summed E-state index contributed by atoms with van der Waals surface area (Å²) in [7, 11) is -4.29. The van der Waals surface area contributed by atoms with E-state index in [0.717, 1.165) is 0 Å². The van der Waals surface area contributed by atoms with Crippen molar-refractivity contribution < 1.29 is 13.0 Å². The maximum absolute atomic E-state index is 11.0. The number of anilines is 1. The second kappa shape index (κ2) is 4.14. The largest absolute Gasteiger partial charge is 0.382 e. The fourth-order valence-corrected chi connectivity index (χ4v) is 1.95. The Bertz CT molecular complexity index is 743. The molecule has 0 aliphatic heterocycles. The molecule has 0 atom stereocenters. The first kappa shape index (κ1) is 12.1. The van der Waals surface area contributed by atoms with Crippen LogP contribution < -0.4 is 5.73 Å². The van der Waals surface area contributed by atoms with Gasteiger partial charge in [0, 0.05) is 0 Å². The van der Waals surface area contributed by atoms with Crippen molar-refractivity contribution in [3.05, 3.63) is 36.0 Å². The van der Waals surface area contributed by atoms with E-state index < -0.39 is 10.1 Å². The summed E-state index contributed by atoms with van der Waals surface area (Å²) in [5.74, 6) is 0.102. The van der Waals surface area contributed by atoms with Crippen molar-refractivity contribution in [1.82, 2.24) is 9.78 Å². The SMILES string of the molecule is N#Cc1cnn(-c2cccc(S(=O)(=O)O)c2)c1N. The van der Waals surface area contributed by atoms with Gasteiger partial charge in [0.05, 0.1) is 16.8 Å². The summed E-state index contributed by atoms with van der Waals surface area (Å²) in [5, 5.41) is 12.6. The maximum Gasteiger partial charge on any atom is 0.294 e. The second-order valence-corrected chi connectivity index (χ2v) is 4.86. The van der Waals surface area contributed by atoms with Crippen LogP contribution in [0.2, 0.25) is 0 Å². The zero-order valence-corrected chi connectivity index (χ0v) is 9.79. The Morgan fingerprint density at radius 1 is 1.44 bits per heavy atom. The molecule has 0 saturated carbocycles. The fourth-order valence-electron chi connectivity index (χ4n) is 1.43. The molecule has 1 heterocycles. The van der Waals surface area contributed by atoms with Gasteiger partial charge in [-0.25, -0.2) is 4.68 Å². The molecule has 18 heavy (non-hydrogen) atoms. The normalized spacial score (nSPS) is 11.1. The molecule has 0 amide bonds. The standard InChI is InChI=1S/C10H8N4O3S/c11-5-7-6-13-14(10(7)12)8-2-1-3-9(4-8)18(15,16)17/h1-4,6H,12H2,(H,15,16,17). The topological polar surface area (TPSA) is 122 Å². The molecular weight excluding hydrogens is 256 g/mol. The van der Waals surface area contributed by atoms with Crippen LogP contribution in [0, 0.1) is 11.3 Å². The van der Waals surface area contributed by atoms with Crippen LogP contribution in [0.1, 0.15) is 5.56 Å². The number of nitrogen functional groups attached to an aromatic ring is 1. The molecule has 0 fully saturated rings. The van der Waals surface area contributed by atoms with Crippen molar-refractivity contribution in [3.63, 3.8) is 0 Å². The van der Waals surface area contributed by atoms with Gasteiger partial charge in [0.2, 0.25) is 0 Å². The highest BCUT2D eigenvalue weighted by atomic mass is 32.2. The summed E-state index contributed by atoms with van der Waals surface area (Å²) in [6, 6.07) is 7.29. The van der Waals surface area contributed by atoms with E-state index in [1.54, 1.807) is 6.07 Å². The first-order chi connectivity index (χ1) is 8.43. The number of nitriles is 1. The summed E-state index contributed by atoms with van der Waals surface area (Å²) >= 11 is 0. The van der Waals surface area contributed by atoms with Crippen LogP contribution in [0.15, 0.2) is 35.4 Å². The predicted octanol–water partition coefficient (Wildman–Crippen LogP) is 0.573. The summed E-state index contributed by atoms with van der Waals surface area (Å²) in [6.07, 6.45) is 1.27. The van der Waals surface area contributed by atoms with Crippen molar-refractivity contribution in [3.8, 4) is 11.8 Å². The van der Waals surface area contributed by atoms with Crippen LogP contribution in [0.4, 0.5) is 5.82 Å². The smallest absolute Gasteiger partial charge is 0.294 e. The minimum absolute atomic E-state index is 0.102. The molecule has 0 aliphatic carbocycles. The van der Waals surface area contributed by atoms with Gasteiger partial charge in [-0.1, -0.05) is 6.07 Å². The number of aromatic nitrogens is 2. The highest BCUT2D eigenvalue weighted by Crippen LogP contribution is 2.19. The quantitative estimate of drug-likeness (QED) is 0.765. The molecule has 92 valence electrons. The Hall–Kier alpha value is -2.37. The van der Waals surface area contributed by atoms with Gasteiger partial charge >= 0.3 is 0 Å². The van der Waals surface area contributed by atoms with Gasteiger partial charge in [-0.2, -0.15) is 18.8 Å². The lowest BCUT2D eigenvalue weighted by atomic mass is 10.3. The van der Waals surface area contributed by atoms with E-state index >= 15 is 0 Å².